The molecule has 1 heterocycles. The Labute approximate surface area is 122 Å². The first-order valence-electron chi connectivity index (χ1n) is 6.75. The van der Waals surface area contributed by atoms with E-state index in [1.165, 1.54) is 30.3 Å². The van der Waals surface area contributed by atoms with Crippen molar-refractivity contribution in [1.82, 2.24) is 4.72 Å². The van der Waals surface area contributed by atoms with Gasteiger partial charge in [-0.2, -0.15) is 0 Å². The molecule has 3 N–H and O–H groups in total. The maximum atomic E-state index is 12.2. The van der Waals surface area contributed by atoms with Gasteiger partial charge in [0.05, 0.1) is 4.90 Å². The molecule has 7 heteroatoms. The van der Waals surface area contributed by atoms with Crippen molar-refractivity contribution in [2.24, 2.45) is 11.7 Å². The van der Waals surface area contributed by atoms with Crippen LogP contribution in [-0.4, -0.2) is 21.0 Å². The van der Waals surface area contributed by atoms with Crippen LogP contribution >= 0.6 is 0 Å². The predicted molar refractivity (Wildman–Crippen MR) is 78.4 cm³/mol. The summed E-state index contributed by atoms with van der Waals surface area (Å²) in [6.45, 7) is 0.231. The van der Waals surface area contributed by atoms with Gasteiger partial charge in [-0.25, -0.2) is 17.9 Å². The van der Waals surface area contributed by atoms with Gasteiger partial charge < -0.3 is 10.2 Å². The lowest BCUT2D eigenvalue weighted by Crippen LogP contribution is -2.38. The van der Waals surface area contributed by atoms with Crippen molar-refractivity contribution in [1.29, 1.82) is 0 Å². The highest BCUT2D eigenvalue weighted by atomic mass is 32.2. The van der Waals surface area contributed by atoms with Gasteiger partial charge in [-0.3, -0.25) is 0 Å². The second-order valence-electron chi connectivity index (χ2n) is 5.31. The lowest BCUT2D eigenvalue weighted by molar-refractivity contribution is 0.547. The number of nitrogens with two attached hydrogens (primary N) is 1. The first-order chi connectivity index (χ1) is 9.95. The third-order valence-corrected chi connectivity index (χ3v) is 5.06. The van der Waals surface area contributed by atoms with Crippen LogP contribution in [0.3, 0.4) is 0 Å². The summed E-state index contributed by atoms with van der Waals surface area (Å²) in [4.78, 5) is 11.2. The molecular weight excluding hydrogens is 292 g/mol. The average Bonchev–Trinajstić information content (AvgIpc) is 3.29. The van der Waals surface area contributed by atoms with Crippen LogP contribution in [0.25, 0.3) is 11.0 Å². The Kier molecular flexibility index (Phi) is 3.56. The quantitative estimate of drug-likeness (QED) is 0.796. The van der Waals surface area contributed by atoms with Crippen LogP contribution in [0.15, 0.2) is 44.4 Å². The van der Waals surface area contributed by atoms with Gasteiger partial charge in [0.1, 0.15) is 5.58 Å². The summed E-state index contributed by atoms with van der Waals surface area (Å²) in [6.07, 6.45) is 2.13. The van der Waals surface area contributed by atoms with Crippen LogP contribution in [0.4, 0.5) is 0 Å². The lowest BCUT2D eigenvalue weighted by atomic mass is 10.2. The summed E-state index contributed by atoms with van der Waals surface area (Å²) in [5.74, 6) is 0.429. The molecule has 1 aromatic carbocycles. The van der Waals surface area contributed by atoms with Crippen LogP contribution in [0.1, 0.15) is 12.8 Å². The van der Waals surface area contributed by atoms with Gasteiger partial charge >= 0.3 is 5.63 Å². The van der Waals surface area contributed by atoms with Gasteiger partial charge in [0, 0.05) is 24.0 Å². The van der Waals surface area contributed by atoms with Crippen LogP contribution < -0.4 is 16.1 Å². The molecule has 1 unspecified atom stereocenters. The molecule has 0 saturated heterocycles. The van der Waals surface area contributed by atoms with Crippen molar-refractivity contribution in [3.63, 3.8) is 0 Å². The molecular formula is C14H16N2O4S. The van der Waals surface area contributed by atoms with Gasteiger partial charge in [-0.1, -0.05) is 0 Å². The van der Waals surface area contributed by atoms with Crippen molar-refractivity contribution in [3.8, 4) is 0 Å². The number of benzene rings is 1. The zero-order valence-corrected chi connectivity index (χ0v) is 12.1. The van der Waals surface area contributed by atoms with E-state index in [9.17, 15) is 13.2 Å². The zero-order chi connectivity index (χ0) is 15.0. The lowest BCUT2D eigenvalue weighted by Gasteiger charge is -2.12. The largest absolute Gasteiger partial charge is 0.423 e. The van der Waals surface area contributed by atoms with Crippen LogP contribution in [0.5, 0.6) is 0 Å². The minimum Gasteiger partial charge on any atom is -0.423 e. The number of rotatable bonds is 5. The summed E-state index contributed by atoms with van der Waals surface area (Å²) < 4.78 is 32.0. The minimum absolute atomic E-state index is 0.131. The predicted octanol–water partition coefficient (Wildman–Crippen LogP) is 0.809. The Morgan fingerprint density at radius 3 is 2.76 bits per heavy atom. The molecule has 0 bridgehead atoms. The van der Waals surface area contributed by atoms with Crippen molar-refractivity contribution >= 4 is 21.0 Å². The molecule has 3 rings (SSSR count). The van der Waals surface area contributed by atoms with Gasteiger partial charge in [0.25, 0.3) is 0 Å². The van der Waals surface area contributed by atoms with E-state index in [4.69, 9.17) is 10.2 Å². The molecule has 0 radical (unpaired) electrons. The Morgan fingerprint density at radius 1 is 1.29 bits per heavy atom. The summed E-state index contributed by atoms with van der Waals surface area (Å²) in [6, 6.07) is 7.02. The topological polar surface area (TPSA) is 102 Å². The fourth-order valence-corrected chi connectivity index (χ4v) is 3.31. The Bertz CT molecular complexity index is 824. The number of hydrogen-bond acceptors (Lipinski definition) is 5. The van der Waals surface area contributed by atoms with E-state index in [2.05, 4.69) is 4.72 Å². The van der Waals surface area contributed by atoms with E-state index in [1.54, 1.807) is 0 Å². The third kappa shape index (κ3) is 3.15. The molecule has 2 aromatic rings. The fourth-order valence-electron chi connectivity index (χ4n) is 2.20. The summed E-state index contributed by atoms with van der Waals surface area (Å²) in [5, 5.41) is 0.559. The first kappa shape index (κ1) is 14.2. The van der Waals surface area contributed by atoms with Gasteiger partial charge in [-0.05, 0) is 43.0 Å². The maximum Gasteiger partial charge on any atom is 0.336 e. The van der Waals surface area contributed by atoms with E-state index in [0.29, 0.717) is 16.9 Å². The SMILES string of the molecule is NC(CNS(=O)(=O)c1ccc2oc(=O)ccc2c1)C1CC1. The van der Waals surface area contributed by atoms with Gasteiger partial charge in [-0.15, -0.1) is 0 Å². The van der Waals surface area contributed by atoms with E-state index in [0.717, 1.165) is 12.8 Å². The molecule has 1 fully saturated rings. The highest BCUT2D eigenvalue weighted by Gasteiger charge is 2.29. The second kappa shape index (κ2) is 5.25. The standard InChI is InChI=1S/C14H16N2O4S/c15-12(9-1-2-9)8-16-21(18,19)11-4-5-13-10(7-11)3-6-14(17)20-13/h3-7,9,12,16H,1-2,8,15H2. The van der Waals surface area contributed by atoms with E-state index >= 15 is 0 Å². The first-order valence-corrected chi connectivity index (χ1v) is 8.23. The number of hydrogen-bond donors (Lipinski definition) is 2. The molecule has 1 aromatic heterocycles. The molecule has 0 amide bonds. The monoisotopic (exact) mass is 308 g/mol. The molecule has 0 aliphatic heterocycles. The van der Waals surface area contributed by atoms with Gasteiger partial charge in [0.2, 0.25) is 10.0 Å². The summed E-state index contributed by atoms with van der Waals surface area (Å²) >= 11 is 0. The number of nitrogens with one attached hydrogen (secondary N) is 1. The Balaban J connectivity index is 1.84. The molecule has 6 nitrogen and oxygen atoms in total. The maximum absolute atomic E-state index is 12.2. The Hall–Kier alpha value is -1.70. The molecule has 21 heavy (non-hydrogen) atoms. The summed E-state index contributed by atoms with van der Waals surface area (Å²) in [5.41, 5.74) is 5.79. The van der Waals surface area contributed by atoms with Crippen LogP contribution in [0, 0.1) is 5.92 Å². The molecule has 1 aliphatic rings. The number of fused-ring (bicyclic) bond motifs is 1. The van der Waals surface area contributed by atoms with E-state index in [-0.39, 0.29) is 17.5 Å². The minimum atomic E-state index is -3.61. The normalized spacial score (nSPS) is 17.0. The van der Waals surface area contributed by atoms with E-state index in [1.807, 2.05) is 0 Å². The van der Waals surface area contributed by atoms with Gasteiger partial charge in [0.15, 0.2) is 0 Å². The van der Waals surface area contributed by atoms with Crippen molar-refractivity contribution in [2.45, 2.75) is 23.8 Å². The van der Waals surface area contributed by atoms with Crippen LogP contribution in [0.2, 0.25) is 0 Å². The smallest absolute Gasteiger partial charge is 0.336 e. The zero-order valence-electron chi connectivity index (χ0n) is 11.3. The summed E-state index contributed by atoms with van der Waals surface area (Å²) in [7, 11) is -3.61. The molecule has 0 spiro atoms. The van der Waals surface area contributed by atoms with Crippen molar-refractivity contribution in [3.05, 3.63) is 40.8 Å². The third-order valence-electron chi connectivity index (χ3n) is 3.64. The van der Waals surface area contributed by atoms with Crippen molar-refractivity contribution < 1.29 is 12.8 Å². The van der Waals surface area contributed by atoms with Crippen LogP contribution in [-0.2, 0) is 10.0 Å². The highest BCUT2D eigenvalue weighted by molar-refractivity contribution is 7.89. The molecule has 1 saturated carbocycles. The molecule has 112 valence electrons. The van der Waals surface area contributed by atoms with Crippen molar-refractivity contribution in [2.75, 3.05) is 6.54 Å². The second-order valence-corrected chi connectivity index (χ2v) is 7.07. The highest BCUT2D eigenvalue weighted by Crippen LogP contribution is 2.31. The number of sulfonamides is 1. The Morgan fingerprint density at radius 2 is 2.05 bits per heavy atom. The average molecular weight is 308 g/mol. The molecule has 1 atom stereocenters. The fraction of sp³-hybridized carbons (Fsp3) is 0.357. The molecule has 1 aliphatic carbocycles. The van der Waals surface area contributed by atoms with E-state index < -0.39 is 15.6 Å².